The molecule has 1 aromatic heterocycles. The molecule has 138 valence electrons. The summed E-state index contributed by atoms with van der Waals surface area (Å²) in [5, 5.41) is 8.66. The SMILES string of the molecule is CCNC(=NCc1ccccc1OC)NCCCSc1nccs1.I. The highest BCUT2D eigenvalue weighted by atomic mass is 127. The molecular weight excluding hydrogens is 467 g/mol. The van der Waals surface area contributed by atoms with Crippen LogP contribution in [0.5, 0.6) is 5.75 Å². The summed E-state index contributed by atoms with van der Waals surface area (Å²) in [5.74, 6) is 2.76. The van der Waals surface area contributed by atoms with E-state index in [4.69, 9.17) is 4.74 Å². The Bertz CT molecular complexity index is 623. The molecule has 2 rings (SSSR count). The first-order valence-corrected chi connectivity index (χ1v) is 9.86. The molecule has 0 aliphatic heterocycles. The van der Waals surface area contributed by atoms with Crippen molar-refractivity contribution in [2.45, 2.75) is 24.2 Å². The fraction of sp³-hybridized carbons (Fsp3) is 0.412. The maximum absolute atomic E-state index is 5.37. The van der Waals surface area contributed by atoms with Crippen molar-refractivity contribution in [3.05, 3.63) is 41.4 Å². The summed E-state index contributed by atoms with van der Waals surface area (Å²) in [7, 11) is 1.69. The first-order valence-electron chi connectivity index (χ1n) is 8.00. The third-order valence-corrected chi connectivity index (χ3v) is 5.25. The zero-order chi connectivity index (χ0) is 17.0. The number of hydrogen-bond acceptors (Lipinski definition) is 5. The summed E-state index contributed by atoms with van der Waals surface area (Å²) < 4.78 is 6.50. The summed E-state index contributed by atoms with van der Waals surface area (Å²) >= 11 is 3.49. The number of nitrogens with zero attached hydrogens (tertiary/aromatic N) is 2. The van der Waals surface area contributed by atoms with E-state index in [1.165, 1.54) is 0 Å². The molecule has 0 bridgehead atoms. The van der Waals surface area contributed by atoms with Crippen molar-refractivity contribution in [2.75, 3.05) is 26.0 Å². The number of guanidine groups is 1. The van der Waals surface area contributed by atoms with Gasteiger partial charge in [0, 0.05) is 36.0 Å². The van der Waals surface area contributed by atoms with Crippen LogP contribution in [-0.4, -0.2) is 36.9 Å². The van der Waals surface area contributed by atoms with Crippen molar-refractivity contribution in [3.63, 3.8) is 0 Å². The molecule has 2 N–H and O–H groups in total. The highest BCUT2D eigenvalue weighted by Crippen LogP contribution is 2.20. The minimum Gasteiger partial charge on any atom is -0.496 e. The second kappa shape index (κ2) is 13.2. The molecule has 2 aromatic rings. The Kier molecular flexibility index (Phi) is 11.7. The molecule has 1 aromatic carbocycles. The van der Waals surface area contributed by atoms with Gasteiger partial charge in [-0.1, -0.05) is 30.0 Å². The average Bonchev–Trinajstić information content (AvgIpc) is 3.13. The number of hydrogen-bond donors (Lipinski definition) is 2. The standard InChI is InChI=1S/C17H24N4OS2.HI/c1-3-18-16(19-9-6-11-23-17-20-10-12-24-17)21-13-14-7-4-5-8-15(14)22-2;/h4-5,7-8,10,12H,3,6,9,11,13H2,1-2H3,(H2,18,19,21);1H. The van der Waals surface area contributed by atoms with Gasteiger partial charge in [-0.25, -0.2) is 9.98 Å². The number of rotatable bonds is 9. The van der Waals surface area contributed by atoms with Crippen molar-refractivity contribution in [3.8, 4) is 5.75 Å². The van der Waals surface area contributed by atoms with Crippen LogP contribution in [0.2, 0.25) is 0 Å². The van der Waals surface area contributed by atoms with Crippen molar-refractivity contribution in [1.29, 1.82) is 0 Å². The number of thioether (sulfide) groups is 1. The minimum atomic E-state index is 0. The Hall–Kier alpha value is -1.000. The molecule has 0 radical (unpaired) electrons. The van der Waals surface area contributed by atoms with Gasteiger partial charge in [-0.3, -0.25) is 0 Å². The number of aliphatic imine (C=N–C) groups is 1. The number of nitrogens with one attached hydrogen (secondary N) is 2. The zero-order valence-corrected chi connectivity index (χ0v) is 18.5. The number of para-hydroxylation sites is 1. The Balaban J connectivity index is 0.00000312. The lowest BCUT2D eigenvalue weighted by Crippen LogP contribution is -2.37. The van der Waals surface area contributed by atoms with Crippen molar-refractivity contribution in [1.82, 2.24) is 15.6 Å². The quantitative estimate of drug-likeness (QED) is 0.182. The van der Waals surface area contributed by atoms with Crippen molar-refractivity contribution >= 4 is 53.0 Å². The molecule has 8 heteroatoms. The maximum atomic E-state index is 5.37. The number of halogens is 1. The van der Waals surface area contributed by atoms with E-state index in [-0.39, 0.29) is 24.0 Å². The van der Waals surface area contributed by atoms with Crippen LogP contribution < -0.4 is 15.4 Å². The number of aromatic nitrogens is 1. The lowest BCUT2D eigenvalue weighted by Gasteiger charge is -2.12. The molecule has 0 amide bonds. The third kappa shape index (κ3) is 8.28. The average molecular weight is 492 g/mol. The monoisotopic (exact) mass is 492 g/mol. The molecule has 0 spiro atoms. The summed E-state index contributed by atoms with van der Waals surface area (Å²) in [5.41, 5.74) is 1.08. The van der Waals surface area contributed by atoms with E-state index in [0.29, 0.717) is 6.54 Å². The summed E-state index contributed by atoms with van der Waals surface area (Å²) in [6, 6.07) is 7.97. The van der Waals surface area contributed by atoms with Gasteiger partial charge in [-0.2, -0.15) is 0 Å². The third-order valence-electron chi connectivity index (χ3n) is 3.19. The van der Waals surface area contributed by atoms with Gasteiger partial charge in [-0.05, 0) is 19.4 Å². The molecule has 0 unspecified atom stereocenters. The van der Waals surface area contributed by atoms with Crippen LogP contribution >= 0.6 is 47.1 Å². The second-order valence-corrected chi connectivity index (χ2v) is 7.17. The van der Waals surface area contributed by atoms with Crippen molar-refractivity contribution < 1.29 is 4.74 Å². The van der Waals surface area contributed by atoms with Crippen LogP contribution in [0.4, 0.5) is 0 Å². The van der Waals surface area contributed by atoms with E-state index in [1.807, 2.05) is 35.8 Å². The van der Waals surface area contributed by atoms with E-state index in [9.17, 15) is 0 Å². The Morgan fingerprint density at radius 2 is 2.16 bits per heavy atom. The van der Waals surface area contributed by atoms with Crippen LogP contribution in [0.1, 0.15) is 18.9 Å². The number of ether oxygens (including phenoxy) is 1. The predicted octanol–water partition coefficient (Wildman–Crippen LogP) is 4.01. The molecule has 0 atom stereocenters. The Labute approximate surface area is 175 Å². The van der Waals surface area contributed by atoms with E-state index in [2.05, 4.69) is 27.5 Å². The molecule has 1 heterocycles. The van der Waals surface area contributed by atoms with Crippen LogP contribution in [0, 0.1) is 0 Å². The molecule has 0 saturated heterocycles. The Morgan fingerprint density at radius 3 is 2.88 bits per heavy atom. The highest BCUT2D eigenvalue weighted by Gasteiger charge is 2.02. The lowest BCUT2D eigenvalue weighted by molar-refractivity contribution is 0.410. The van der Waals surface area contributed by atoms with Gasteiger partial charge >= 0.3 is 0 Å². The van der Waals surface area contributed by atoms with Crippen LogP contribution in [-0.2, 0) is 6.54 Å². The van der Waals surface area contributed by atoms with Crippen molar-refractivity contribution in [2.24, 2.45) is 4.99 Å². The summed E-state index contributed by atoms with van der Waals surface area (Å²) in [4.78, 5) is 8.91. The van der Waals surface area contributed by atoms with Gasteiger partial charge in [-0.15, -0.1) is 35.3 Å². The highest BCUT2D eigenvalue weighted by molar-refractivity contribution is 14.0. The zero-order valence-electron chi connectivity index (χ0n) is 14.5. The smallest absolute Gasteiger partial charge is 0.191 e. The van der Waals surface area contributed by atoms with E-state index in [1.54, 1.807) is 30.2 Å². The fourth-order valence-corrected chi connectivity index (χ4v) is 3.71. The van der Waals surface area contributed by atoms with Gasteiger partial charge in [0.1, 0.15) is 10.1 Å². The van der Waals surface area contributed by atoms with Gasteiger partial charge in [0.05, 0.1) is 13.7 Å². The van der Waals surface area contributed by atoms with Gasteiger partial charge < -0.3 is 15.4 Å². The first-order chi connectivity index (χ1) is 11.8. The summed E-state index contributed by atoms with van der Waals surface area (Å²) in [6.45, 7) is 4.38. The van der Waals surface area contributed by atoms with Gasteiger partial charge in [0.2, 0.25) is 0 Å². The normalized spacial score (nSPS) is 10.9. The van der Waals surface area contributed by atoms with E-state index < -0.39 is 0 Å². The number of benzene rings is 1. The largest absolute Gasteiger partial charge is 0.496 e. The molecule has 0 aliphatic carbocycles. The Morgan fingerprint density at radius 1 is 1.32 bits per heavy atom. The van der Waals surface area contributed by atoms with Crippen LogP contribution in [0.25, 0.3) is 0 Å². The predicted molar refractivity (Wildman–Crippen MR) is 119 cm³/mol. The maximum Gasteiger partial charge on any atom is 0.191 e. The second-order valence-electron chi connectivity index (χ2n) is 4.93. The fourth-order valence-electron chi connectivity index (χ4n) is 2.06. The molecule has 5 nitrogen and oxygen atoms in total. The molecule has 0 saturated carbocycles. The van der Waals surface area contributed by atoms with Gasteiger partial charge in [0.25, 0.3) is 0 Å². The minimum absolute atomic E-state index is 0. The molecule has 25 heavy (non-hydrogen) atoms. The first kappa shape index (κ1) is 22.0. The topological polar surface area (TPSA) is 58.5 Å². The number of methoxy groups -OCH3 is 1. The van der Waals surface area contributed by atoms with Gasteiger partial charge in [0.15, 0.2) is 5.96 Å². The van der Waals surface area contributed by atoms with Crippen LogP contribution in [0.15, 0.2) is 45.2 Å². The van der Waals surface area contributed by atoms with E-state index in [0.717, 1.165) is 46.9 Å². The molecule has 0 fully saturated rings. The van der Waals surface area contributed by atoms with Crippen LogP contribution in [0.3, 0.4) is 0 Å². The number of thiazole rings is 1. The molecule has 0 aliphatic rings. The van der Waals surface area contributed by atoms with E-state index >= 15 is 0 Å². The molecular formula is C17H25IN4OS2. The summed E-state index contributed by atoms with van der Waals surface area (Å²) in [6.07, 6.45) is 2.91. The lowest BCUT2D eigenvalue weighted by atomic mass is 10.2.